The quantitative estimate of drug-likeness (QED) is 0.856. The van der Waals surface area contributed by atoms with Crippen molar-refractivity contribution >= 4 is 5.91 Å². The van der Waals surface area contributed by atoms with Crippen molar-refractivity contribution in [3.05, 3.63) is 65.2 Å². The van der Waals surface area contributed by atoms with Gasteiger partial charge in [0.25, 0.3) is 0 Å². The van der Waals surface area contributed by atoms with Gasteiger partial charge < -0.3 is 10.4 Å². The van der Waals surface area contributed by atoms with Gasteiger partial charge in [-0.05, 0) is 37.0 Å². The van der Waals surface area contributed by atoms with Gasteiger partial charge in [0.15, 0.2) is 0 Å². The van der Waals surface area contributed by atoms with Crippen molar-refractivity contribution in [2.75, 3.05) is 6.54 Å². The molecule has 2 rings (SSSR count). The van der Waals surface area contributed by atoms with Crippen molar-refractivity contribution in [2.45, 2.75) is 26.2 Å². The van der Waals surface area contributed by atoms with Crippen molar-refractivity contribution < 1.29 is 9.90 Å². The molecule has 3 nitrogen and oxygen atoms in total. The van der Waals surface area contributed by atoms with Crippen molar-refractivity contribution in [3.63, 3.8) is 0 Å². The number of amides is 1. The second-order valence-electron chi connectivity index (χ2n) is 5.22. The van der Waals surface area contributed by atoms with Gasteiger partial charge in [0.1, 0.15) is 5.75 Å². The fourth-order valence-electron chi connectivity index (χ4n) is 2.27. The number of hydrogen-bond acceptors (Lipinski definition) is 2. The van der Waals surface area contributed by atoms with Gasteiger partial charge in [-0.15, -0.1) is 0 Å². The van der Waals surface area contributed by atoms with Gasteiger partial charge in [-0.1, -0.05) is 48.0 Å². The first-order valence-corrected chi connectivity index (χ1v) is 7.24. The highest BCUT2D eigenvalue weighted by molar-refractivity contribution is 5.76. The van der Waals surface area contributed by atoms with E-state index < -0.39 is 0 Å². The molecule has 2 aromatic rings. The van der Waals surface area contributed by atoms with E-state index in [4.69, 9.17) is 0 Å². The molecule has 0 atom stereocenters. The third-order valence-corrected chi connectivity index (χ3v) is 3.43. The zero-order valence-corrected chi connectivity index (χ0v) is 12.3. The summed E-state index contributed by atoms with van der Waals surface area (Å²) < 4.78 is 0. The molecule has 0 fully saturated rings. The van der Waals surface area contributed by atoms with Crippen molar-refractivity contribution in [1.29, 1.82) is 0 Å². The van der Waals surface area contributed by atoms with E-state index in [0.717, 1.165) is 12.0 Å². The Balaban J connectivity index is 1.72. The highest BCUT2D eigenvalue weighted by Gasteiger charge is 2.05. The second-order valence-corrected chi connectivity index (χ2v) is 5.22. The summed E-state index contributed by atoms with van der Waals surface area (Å²) in [4.78, 5) is 11.8. The Morgan fingerprint density at radius 3 is 2.67 bits per heavy atom. The summed E-state index contributed by atoms with van der Waals surface area (Å²) in [6.45, 7) is 2.71. The van der Waals surface area contributed by atoms with E-state index >= 15 is 0 Å². The van der Waals surface area contributed by atoms with E-state index in [9.17, 15) is 9.90 Å². The molecule has 0 aliphatic carbocycles. The van der Waals surface area contributed by atoms with E-state index in [-0.39, 0.29) is 11.7 Å². The summed E-state index contributed by atoms with van der Waals surface area (Å²) in [5.74, 6) is 0.274. The first-order chi connectivity index (χ1) is 10.1. The van der Waals surface area contributed by atoms with Crippen LogP contribution in [-0.4, -0.2) is 17.6 Å². The smallest absolute Gasteiger partial charge is 0.220 e. The number of benzene rings is 2. The molecule has 0 spiro atoms. The first-order valence-electron chi connectivity index (χ1n) is 7.24. The van der Waals surface area contributed by atoms with Crippen LogP contribution in [0, 0.1) is 6.92 Å². The maximum atomic E-state index is 11.8. The number of phenols is 1. The number of nitrogens with one attached hydrogen (secondary N) is 1. The van der Waals surface area contributed by atoms with Gasteiger partial charge in [0, 0.05) is 13.0 Å². The molecule has 0 bridgehead atoms. The first kappa shape index (κ1) is 15.1. The van der Waals surface area contributed by atoms with Crippen LogP contribution in [0.1, 0.15) is 23.1 Å². The summed E-state index contributed by atoms with van der Waals surface area (Å²) in [6.07, 6.45) is 1.79. The monoisotopic (exact) mass is 283 g/mol. The molecule has 0 unspecified atom stereocenters. The lowest BCUT2D eigenvalue weighted by atomic mass is 10.1. The highest BCUT2D eigenvalue weighted by atomic mass is 16.3. The maximum absolute atomic E-state index is 11.8. The number of hydrogen-bond donors (Lipinski definition) is 2. The number of rotatable bonds is 6. The summed E-state index contributed by atoms with van der Waals surface area (Å²) >= 11 is 0. The summed E-state index contributed by atoms with van der Waals surface area (Å²) in [5, 5.41) is 12.6. The SMILES string of the molecule is Cc1cccc(CCNC(=O)CCc2ccccc2O)c1. The third kappa shape index (κ3) is 4.95. The van der Waals surface area contributed by atoms with E-state index in [1.54, 1.807) is 12.1 Å². The Hall–Kier alpha value is -2.29. The molecule has 0 aliphatic rings. The molecule has 0 saturated carbocycles. The molecule has 2 N–H and O–H groups in total. The van der Waals surface area contributed by atoms with E-state index in [1.807, 2.05) is 18.2 Å². The van der Waals surface area contributed by atoms with Crippen LogP contribution >= 0.6 is 0 Å². The predicted molar refractivity (Wildman–Crippen MR) is 84.3 cm³/mol. The van der Waals surface area contributed by atoms with Gasteiger partial charge in [0.2, 0.25) is 5.91 Å². The number of para-hydroxylation sites is 1. The summed E-state index contributed by atoms with van der Waals surface area (Å²) in [6, 6.07) is 15.4. The van der Waals surface area contributed by atoms with Crippen molar-refractivity contribution in [2.24, 2.45) is 0 Å². The lowest BCUT2D eigenvalue weighted by Gasteiger charge is -2.07. The van der Waals surface area contributed by atoms with Crippen LogP contribution in [0.5, 0.6) is 5.75 Å². The van der Waals surface area contributed by atoms with Crippen LogP contribution in [0.4, 0.5) is 0 Å². The van der Waals surface area contributed by atoms with Crippen LogP contribution < -0.4 is 5.32 Å². The minimum absolute atomic E-state index is 0.0194. The Bertz CT molecular complexity index is 608. The second kappa shape index (κ2) is 7.48. The number of carbonyl (C=O) groups is 1. The fourth-order valence-corrected chi connectivity index (χ4v) is 2.27. The maximum Gasteiger partial charge on any atom is 0.220 e. The number of aryl methyl sites for hydroxylation is 2. The summed E-state index contributed by atoms with van der Waals surface area (Å²) in [5.41, 5.74) is 3.28. The Morgan fingerprint density at radius 2 is 1.90 bits per heavy atom. The average Bonchev–Trinajstić information content (AvgIpc) is 2.46. The van der Waals surface area contributed by atoms with Gasteiger partial charge in [-0.3, -0.25) is 4.79 Å². The largest absolute Gasteiger partial charge is 0.508 e. The molecule has 21 heavy (non-hydrogen) atoms. The molecule has 110 valence electrons. The van der Waals surface area contributed by atoms with Gasteiger partial charge in [0.05, 0.1) is 0 Å². The third-order valence-electron chi connectivity index (χ3n) is 3.43. The molecule has 0 saturated heterocycles. The topological polar surface area (TPSA) is 49.3 Å². The molecule has 0 heterocycles. The number of aromatic hydroxyl groups is 1. The van der Waals surface area contributed by atoms with Crippen LogP contribution in [0.25, 0.3) is 0 Å². The number of phenolic OH excluding ortho intramolecular Hbond substituents is 1. The molecular weight excluding hydrogens is 262 g/mol. The van der Waals surface area contributed by atoms with Crippen LogP contribution in [-0.2, 0) is 17.6 Å². The minimum atomic E-state index is 0.0194. The van der Waals surface area contributed by atoms with Crippen LogP contribution in [0.2, 0.25) is 0 Å². The molecule has 0 aliphatic heterocycles. The predicted octanol–water partition coefficient (Wildman–Crippen LogP) is 2.99. The zero-order chi connectivity index (χ0) is 15.1. The molecule has 0 radical (unpaired) electrons. The zero-order valence-electron chi connectivity index (χ0n) is 12.3. The van der Waals surface area contributed by atoms with E-state index in [2.05, 4.69) is 30.4 Å². The minimum Gasteiger partial charge on any atom is -0.508 e. The summed E-state index contributed by atoms with van der Waals surface area (Å²) in [7, 11) is 0. The normalized spacial score (nSPS) is 10.3. The van der Waals surface area contributed by atoms with Crippen LogP contribution in [0.15, 0.2) is 48.5 Å². The Kier molecular flexibility index (Phi) is 5.38. The fraction of sp³-hybridized carbons (Fsp3) is 0.278. The molecule has 3 heteroatoms. The molecule has 2 aromatic carbocycles. The lowest BCUT2D eigenvalue weighted by molar-refractivity contribution is -0.121. The number of carbonyl (C=O) groups excluding carboxylic acids is 1. The standard InChI is InChI=1S/C18H21NO2/c1-14-5-4-6-15(13-14)11-12-19-18(21)10-9-16-7-2-3-8-17(16)20/h2-8,13,20H,9-12H2,1H3,(H,19,21). The Labute approximate surface area is 125 Å². The Morgan fingerprint density at radius 1 is 1.10 bits per heavy atom. The molecule has 0 aromatic heterocycles. The van der Waals surface area contributed by atoms with E-state index in [1.165, 1.54) is 11.1 Å². The molecule has 1 amide bonds. The van der Waals surface area contributed by atoms with Crippen LogP contribution in [0.3, 0.4) is 0 Å². The highest BCUT2D eigenvalue weighted by Crippen LogP contribution is 2.17. The van der Waals surface area contributed by atoms with E-state index in [0.29, 0.717) is 19.4 Å². The lowest BCUT2D eigenvalue weighted by Crippen LogP contribution is -2.25. The van der Waals surface area contributed by atoms with Gasteiger partial charge >= 0.3 is 0 Å². The average molecular weight is 283 g/mol. The van der Waals surface area contributed by atoms with Crippen molar-refractivity contribution in [1.82, 2.24) is 5.32 Å². The van der Waals surface area contributed by atoms with Crippen molar-refractivity contribution in [3.8, 4) is 5.75 Å². The molecular formula is C18H21NO2. The van der Waals surface area contributed by atoms with Gasteiger partial charge in [-0.25, -0.2) is 0 Å². The van der Waals surface area contributed by atoms with Gasteiger partial charge in [-0.2, -0.15) is 0 Å².